The predicted molar refractivity (Wildman–Crippen MR) is 74.2 cm³/mol. The maximum absolute atomic E-state index is 6.16. The molecule has 1 saturated carbocycles. The summed E-state index contributed by atoms with van der Waals surface area (Å²) in [5, 5.41) is 1.10. The van der Waals surface area contributed by atoms with E-state index < -0.39 is 0 Å². The van der Waals surface area contributed by atoms with Crippen LogP contribution in [0.15, 0.2) is 18.2 Å². The minimum atomic E-state index is 0.428. The highest BCUT2D eigenvalue weighted by atomic mass is 35.5. The molecule has 0 radical (unpaired) electrons. The lowest BCUT2D eigenvalue weighted by Crippen LogP contribution is -2.14. The highest BCUT2D eigenvalue weighted by Gasteiger charge is 2.30. The molecule has 0 amide bonds. The number of aromatic nitrogens is 2. The van der Waals surface area contributed by atoms with E-state index in [0.717, 1.165) is 24.2 Å². The molecule has 18 heavy (non-hydrogen) atoms. The Hall–Kier alpha value is -1.39. The van der Waals surface area contributed by atoms with Crippen LogP contribution in [-0.2, 0) is 0 Å². The summed E-state index contributed by atoms with van der Waals surface area (Å²) in [6.45, 7) is 0. The molecule has 0 aliphatic heterocycles. The van der Waals surface area contributed by atoms with Crippen molar-refractivity contribution in [2.24, 2.45) is 0 Å². The van der Waals surface area contributed by atoms with Crippen LogP contribution < -0.4 is 11.6 Å². The van der Waals surface area contributed by atoms with Crippen molar-refractivity contribution in [2.45, 2.75) is 18.8 Å². The summed E-state index contributed by atoms with van der Waals surface area (Å²) in [7, 11) is 0. The second-order valence-corrected chi connectivity index (χ2v) is 5.32. The predicted octanol–water partition coefficient (Wildman–Crippen LogP) is 3.03. The molecule has 0 spiro atoms. The Labute approximate surface area is 114 Å². The monoisotopic (exact) mass is 282 g/mol. The van der Waals surface area contributed by atoms with Crippen molar-refractivity contribution >= 4 is 29.0 Å². The zero-order valence-electron chi connectivity index (χ0n) is 9.53. The zero-order valence-corrected chi connectivity index (χ0v) is 11.0. The Kier molecular flexibility index (Phi) is 2.64. The van der Waals surface area contributed by atoms with Crippen LogP contribution >= 0.6 is 23.2 Å². The van der Waals surface area contributed by atoms with Gasteiger partial charge >= 0.3 is 0 Å². The molecule has 1 aromatic carbocycles. The molecule has 1 heterocycles. The van der Waals surface area contributed by atoms with Crippen LogP contribution in [0.1, 0.15) is 24.6 Å². The van der Waals surface area contributed by atoms with Crippen molar-refractivity contribution < 1.29 is 0 Å². The molecule has 0 atom stereocenters. The van der Waals surface area contributed by atoms with Crippen molar-refractivity contribution in [2.75, 3.05) is 11.6 Å². The molecule has 4 nitrogen and oxygen atoms in total. The highest BCUT2D eigenvalue weighted by molar-refractivity contribution is 6.36. The van der Waals surface area contributed by atoms with Gasteiger partial charge in [0.1, 0.15) is 11.5 Å². The van der Waals surface area contributed by atoms with E-state index in [0.29, 0.717) is 27.5 Å². The normalized spacial score (nSPS) is 15.0. The van der Waals surface area contributed by atoms with Gasteiger partial charge in [-0.15, -0.1) is 0 Å². The Morgan fingerprint density at radius 2 is 2.00 bits per heavy atom. The lowest BCUT2D eigenvalue weighted by molar-refractivity contribution is 0.855. The third kappa shape index (κ3) is 1.82. The number of hydrogen-bond donors (Lipinski definition) is 2. The second kappa shape index (κ2) is 4.07. The second-order valence-electron chi connectivity index (χ2n) is 4.47. The van der Waals surface area contributed by atoms with E-state index in [1.807, 2.05) is 0 Å². The van der Waals surface area contributed by atoms with Crippen LogP contribution in [0.25, 0.3) is 11.3 Å². The zero-order chi connectivity index (χ0) is 12.9. The number of halogens is 2. The number of rotatable bonds is 2. The lowest BCUT2D eigenvalue weighted by Gasteiger charge is -2.03. The molecule has 1 aromatic heterocycles. The molecule has 1 fully saturated rings. The molecule has 4 N–H and O–H groups in total. The quantitative estimate of drug-likeness (QED) is 0.832. The van der Waals surface area contributed by atoms with Crippen LogP contribution in [0.3, 0.4) is 0 Å². The number of benzene rings is 1. The fourth-order valence-electron chi connectivity index (χ4n) is 1.97. The first-order valence-electron chi connectivity index (χ1n) is 5.66. The van der Waals surface area contributed by atoms with Gasteiger partial charge in [0.2, 0.25) is 0 Å². The Balaban J connectivity index is 2.13. The van der Waals surface area contributed by atoms with Crippen molar-refractivity contribution in [3.05, 3.63) is 34.1 Å². The van der Waals surface area contributed by atoms with Gasteiger partial charge in [-0.3, -0.25) is 0 Å². The molecular weight excluding hydrogens is 271 g/mol. The van der Waals surface area contributed by atoms with Crippen molar-refractivity contribution in [3.8, 4) is 11.3 Å². The van der Waals surface area contributed by atoms with Crippen LogP contribution in [0.4, 0.5) is 5.82 Å². The molecule has 94 valence electrons. The molecule has 2 aromatic rings. The maximum atomic E-state index is 6.16. The molecule has 0 bridgehead atoms. The van der Waals surface area contributed by atoms with Crippen molar-refractivity contribution in [3.63, 3.8) is 0 Å². The van der Waals surface area contributed by atoms with E-state index >= 15 is 0 Å². The van der Waals surface area contributed by atoms with Gasteiger partial charge in [0.05, 0.1) is 5.02 Å². The van der Waals surface area contributed by atoms with Crippen LogP contribution in [-0.4, -0.2) is 9.66 Å². The Morgan fingerprint density at radius 1 is 1.28 bits per heavy atom. The van der Waals surface area contributed by atoms with Gasteiger partial charge in [-0.1, -0.05) is 23.2 Å². The summed E-state index contributed by atoms with van der Waals surface area (Å²) in [6, 6.07) is 5.23. The standard InChI is InChI=1S/C12H12Cl2N4/c13-7-3-4-8(9(14)5-7)10-11(15)18(16)12(17-10)6-1-2-6/h3-6H,1-2,15-16H2. The fourth-order valence-corrected chi connectivity index (χ4v) is 2.47. The summed E-state index contributed by atoms with van der Waals surface area (Å²) in [5.74, 6) is 7.61. The van der Waals surface area contributed by atoms with Gasteiger partial charge in [0.25, 0.3) is 0 Å². The molecule has 3 rings (SSSR count). The summed E-state index contributed by atoms with van der Waals surface area (Å²) in [6.07, 6.45) is 2.23. The van der Waals surface area contributed by atoms with Gasteiger partial charge in [-0.05, 0) is 31.0 Å². The van der Waals surface area contributed by atoms with Gasteiger partial charge in [0.15, 0.2) is 5.82 Å². The first-order chi connectivity index (χ1) is 8.58. The number of anilines is 1. The van der Waals surface area contributed by atoms with Gasteiger partial charge in [-0.25, -0.2) is 9.66 Å². The van der Waals surface area contributed by atoms with E-state index in [4.69, 9.17) is 34.8 Å². The topological polar surface area (TPSA) is 69.9 Å². The smallest absolute Gasteiger partial charge is 0.150 e. The minimum Gasteiger partial charge on any atom is -0.382 e. The molecule has 1 aliphatic carbocycles. The number of nitrogens with zero attached hydrogens (tertiary/aromatic N) is 2. The van der Waals surface area contributed by atoms with Crippen molar-refractivity contribution in [1.82, 2.24) is 9.66 Å². The van der Waals surface area contributed by atoms with Gasteiger partial charge in [-0.2, -0.15) is 0 Å². The fraction of sp³-hybridized carbons (Fsp3) is 0.250. The van der Waals surface area contributed by atoms with E-state index in [-0.39, 0.29) is 0 Å². The van der Waals surface area contributed by atoms with E-state index in [9.17, 15) is 0 Å². The summed E-state index contributed by atoms with van der Waals surface area (Å²) in [5.41, 5.74) is 7.37. The summed E-state index contributed by atoms with van der Waals surface area (Å²) >= 11 is 12.0. The lowest BCUT2D eigenvalue weighted by atomic mass is 10.1. The first-order valence-corrected chi connectivity index (χ1v) is 6.42. The average molecular weight is 283 g/mol. The molecular formula is C12H12Cl2N4. The first kappa shape index (κ1) is 11.7. The van der Waals surface area contributed by atoms with Crippen LogP contribution in [0, 0.1) is 0 Å². The highest BCUT2D eigenvalue weighted by Crippen LogP contribution is 2.42. The largest absolute Gasteiger partial charge is 0.382 e. The summed E-state index contributed by atoms with van der Waals surface area (Å²) in [4.78, 5) is 4.52. The number of hydrogen-bond acceptors (Lipinski definition) is 3. The van der Waals surface area contributed by atoms with Crippen LogP contribution in [0.5, 0.6) is 0 Å². The number of nitrogens with two attached hydrogens (primary N) is 2. The summed E-state index contributed by atoms with van der Waals surface area (Å²) < 4.78 is 1.46. The average Bonchev–Trinajstić information content (AvgIpc) is 3.11. The maximum Gasteiger partial charge on any atom is 0.150 e. The minimum absolute atomic E-state index is 0.428. The van der Waals surface area contributed by atoms with E-state index in [1.54, 1.807) is 18.2 Å². The SMILES string of the molecule is Nc1c(-c2ccc(Cl)cc2Cl)nc(C2CC2)n1N. The van der Waals surface area contributed by atoms with Crippen LogP contribution in [0.2, 0.25) is 10.0 Å². The molecule has 6 heteroatoms. The van der Waals surface area contributed by atoms with E-state index in [1.165, 1.54) is 4.68 Å². The molecule has 0 saturated heterocycles. The van der Waals surface area contributed by atoms with Crippen molar-refractivity contribution in [1.29, 1.82) is 0 Å². The van der Waals surface area contributed by atoms with Gasteiger partial charge in [0, 0.05) is 16.5 Å². The molecule has 1 aliphatic rings. The molecule has 0 unspecified atom stereocenters. The van der Waals surface area contributed by atoms with Gasteiger partial charge < -0.3 is 11.6 Å². The van der Waals surface area contributed by atoms with E-state index in [2.05, 4.69) is 4.98 Å². The third-order valence-electron chi connectivity index (χ3n) is 3.10. The number of nitrogen functional groups attached to an aromatic ring is 2. The Bertz CT molecular complexity index is 617. The Morgan fingerprint density at radius 3 is 2.61 bits per heavy atom. The third-order valence-corrected chi connectivity index (χ3v) is 3.65. The number of imidazole rings is 1.